The summed E-state index contributed by atoms with van der Waals surface area (Å²) in [6.07, 6.45) is 22.2. The Hall–Kier alpha value is -9.13. The quantitative estimate of drug-likeness (QED) is 0.0206. The molecule has 13 rings (SSSR count). The molecule has 0 aliphatic carbocycles. The number of hydrogen-bond donors (Lipinski definition) is 2. The summed E-state index contributed by atoms with van der Waals surface area (Å²) >= 11 is 16.9. The Morgan fingerprint density at radius 2 is 0.919 bits per heavy atom. The van der Waals surface area contributed by atoms with Crippen LogP contribution in [0, 0.1) is 11.6 Å². The van der Waals surface area contributed by atoms with Crippen LogP contribution in [0.2, 0.25) is 0 Å². The number of hydrogen-bond acceptors (Lipinski definition) is 23. The van der Waals surface area contributed by atoms with Gasteiger partial charge in [0.15, 0.2) is 6.29 Å². The second-order valence-corrected chi connectivity index (χ2v) is 29.9. The zero-order chi connectivity index (χ0) is 78.3. The van der Waals surface area contributed by atoms with Gasteiger partial charge in [0, 0.05) is 169 Å². The fourth-order valence-electron chi connectivity index (χ4n) is 10.0. The summed E-state index contributed by atoms with van der Waals surface area (Å²) in [6, 6.07) is 37.8. The summed E-state index contributed by atoms with van der Waals surface area (Å²) in [7, 11) is 4.32. The number of aromatic nitrogens is 11. The van der Waals surface area contributed by atoms with Crippen LogP contribution < -0.4 is 60.6 Å². The molecular weight excluding hydrogens is 1580 g/mol. The number of aryl methyl sites for hydroxylation is 5. The summed E-state index contributed by atoms with van der Waals surface area (Å²) in [5.41, 5.74) is 22.5. The first kappa shape index (κ1) is 99.9. The molecule has 2 fully saturated rings. The number of carbonyl (C=O) groups is 5. The van der Waals surface area contributed by atoms with Crippen molar-refractivity contribution >= 4 is 145 Å². The Kier molecular flexibility index (Phi) is 48.3. The monoisotopic (exact) mass is 1680 g/mol. The van der Waals surface area contributed by atoms with Crippen LogP contribution >= 0.6 is 54.9 Å². The van der Waals surface area contributed by atoms with Gasteiger partial charge in [0.2, 0.25) is 29.3 Å². The van der Waals surface area contributed by atoms with Gasteiger partial charge < -0.3 is 43.8 Å². The minimum atomic E-state index is -3.22. The van der Waals surface area contributed by atoms with Crippen molar-refractivity contribution in [3.05, 3.63) is 223 Å². The molecule has 26 nitrogen and oxygen atoms in total. The van der Waals surface area contributed by atoms with Gasteiger partial charge >= 0.3 is 46.7 Å². The van der Waals surface area contributed by atoms with Gasteiger partial charge in [0.1, 0.15) is 23.1 Å². The zero-order valence-electron chi connectivity index (χ0n) is 61.3. The summed E-state index contributed by atoms with van der Waals surface area (Å²) < 4.78 is 45.0. The van der Waals surface area contributed by atoms with Crippen LogP contribution in [0.3, 0.4) is 0 Å². The smallest absolute Gasteiger partial charge is 0.793 e. The van der Waals surface area contributed by atoms with Gasteiger partial charge in [-0.15, -0.1) is 0 Å². The second kappa shape index (κ2) is 53.7. The van der Waals surface area contributed by atoms with Crippen LogP contribution in [0.4, 0.5) is 43.2 Å². The fourth-order valence-corrected chi connectivity index (χ4v) is 10.4. The summed E-state index contributed by atoms with van der Waals surface area (Å²) in [5.74, 6) is 0.619. The number of Topliss-reactive ketones (excluding diaryl/α,β-unsaturated/α-hetero) is 1. The van der Waals surface area contributed by atoms with Crippen LogP contribution in [0.25, 0.3) is 17.3 Å². The maximum atomic E-state index is 13.2. The first-order valence-electron chi connectivity index (χ1n) is 33.6. The molecular formula is C76H97BBrCl3F2N17NaO9P. The third kappa shape index (κ3) is 36.7. The van der Waals surface area contributed by atoms with Gasteiger partial charge in [-0.3, -0.25) is 32.2 Å². The molecule has 591 valence electrons. The number of imidazole rings is 3. The number of halogens is 6. The van der Waals surface area contributed by atoms with E-state index in [-0.39, 0.29) is 69.3 Å². The molecule has 0 spiro atoms. The molecule has 11 aromatic rings. The van der Waals surface area contributed by atoms with E-state index in [9.17, 15) is 37.3 Å². The van der Waals surface area contributed by atoms with Crippen molar-refractivity contribution in [1.29, 1.82) is 0 Å². The third-order valence-electron chi connectivity index (χ3n) is 15.3. The van der Waals surface area contributed by atoms with E-state index < -0.39 is 23.1 Å². The Morgan fingerprint density at radius 1 is 0.541 bits per heavy atom. The van der Waals surface area contributed by atoms with Crippen molar-refractivity contribution in [2.24, 2.45) is 0 Å². The van der Waals surface area contributed by atoms with Crippen LogP contribution in [-0.4, -0.2) is 149 Å². The first-order valence-corrected chi connectivity index (χ1v) is 39.2. The molecule has 2 aliphatic rings. The number of benzene rings is 4. The van der Waals surface area contributed by atoms with Crippen LogP contribution in [0.15, 0.2) is 177 Å². The number of nitrogen functional groups attached to an aromatic ring is 2. The molecule has 7 aromatic heterocycles. The molecule has 2 aliphatic heterocycles. The summed E-state index contributed by atoms with van der Waals surface area (Å²) in [6.45, 7) is 19.2. The van der Waals surface area contributed by atoms with Gasteiger partial charge in [-0.1, -0.05) is 78.0 Å². The van der Waals surface area contributed by atoms with Crippen molar-refractivity contribution in [1.82, 2.24) is 53.1 Å². The molecule has 0 saturated carbocycles. The largest absolute Gasteiger partial charge is 1.00 e. The van der Waals surface area contributed by atoms with Crippen molar-refractivity contribution in [2.75, 3.05) is 88.8 Å². The predicted octanol–water partition coefficient (Wildman–Crippen LogP) is 12.5. The average molecular weight is 1680 g/mol. The van der Waals surface area contributed by atoms with Gasteiger partial charge in [-0.25, -0.2) is 68.0 Å². The number of nitrogens with zero attached hydrogens (tertiary/aromatic N) is 15. The van der Waals surface area contributed by atoms with Gasteiger partial charge in [0.05, 0.1) is 22.4 Å². The van der Waals surface area contributed by atoms with E-state index >= 15 is 0 Å². The number of rotatable bonds is 13. The van der Waals surface area contributed by atoms with Gasteiger partial charge in [-0.2, -0.15) is 0 Å². The summed E-state index contributed by atoms with van der Waals surface area (Å²) in [4.78, 5) is 100. The molecule has 111 heavy (non-hydrogen) atoms. The predicted molar refractivity (Wildman–Crippen MR) is 441 cm³/mol. The van der Waals surface area contributed by atoms with Crippen molar-refractivity contribution < 1.29 is 81.3 Å². The number of alkyl halides is 1. The Morgan fingerprint density at radius 3 is 1.27 bits per heavy atom. The molecule has 0 bridgehead atoms. The topological polar surface area (TPSA) is 311 Å². The van der Waals surface area contributed by atoms with Crippen LogP contribution in [0.1, 0.15) is 116 Å². The molecule has 4 N–H and O–H groups in total. The van der Waals surface area contributed by atoms with Gasteiger partial charge in [-0.05, 0) is 181 Å². The standard InChI is InChI=1S/C26H28FN5.C16H18FN3.C9H9N3O.C8H9N3.C4H7BrO.C4H5N3.C4H6O4.C2H3BO2.3CH4.Cl3OP.Na/c1-2-24-25(32-15-3-14-28-26(32)29-24)13-6-20-4-9-22(10-5-20)30-16-18-31(19-17-30)23-11-7-21(27)8-12-23;17-13-1-5-15(6-2-13)19-9-11-20(12-10-19)16-7-3-14(18)4-8-16;1-2-7-8(6-13)12-5-3-4-10-9(12)11-7;1-2-7-6-11-5-3-4-9-8(11)10-7;1-2-4(6)3-5;5-4-6-2-1-3-7-4;1-3(5)7-8-4(2)6;1-2(4)5-3;;;;1-5(2,3)4;/h3-5,7-12,14-15H,2,6,13,16-19H2,1H3;1-8H,9-12,18H2;3-6H,2H2,1H3;3-6H,2H2,1H3;2-3H2,1H3;1-3H,(H2,5,6,7);1-2H3;1H3;3*1H4;;/q;;;;;;;-1;;;;;+1. The summed E-state index contributed by atoms with van der Waals surface area (Å²) in [5, 5.41) is -2.72. The maximum absolute atomic E-state index is 13.2. The van der Waals surface area contributed by atoms with Crippen molar-refractivity contribution in [3.8, 4) is 0 Å². The average Bonchev–Trinajstić information content (AvgIpc) is 1.64. The Bertz CT molecular complexity index is 4440. The SMILES string of the molecule is C.C.C.CC(=O)OOC(C)=O.CCC(=O)CBr.CCc1cn2cccnc2n1.CCc1nc2ncccn2c1C=O.CCc1nc2ncccn2c1CCc1ccc(N2CCN(c3ccc(F)cc3)CC2)cc1.Nc1ccc(N2CCN(c3ccc(F)cc3)CC2)cc1.Nc1ncccn1.O=P(Cl)(Cl)Cl.[B-]OC(C)=O.[Na+]. The van der Waals surface area contributed by atoms with E-state index in [2.05, 4.69) is 192 Å². The van der Waals surface area contributed by atoms with Gasteiger partial charge in [0.25, 0.3) is 0 Å². The second-order valence-electron chi connectivity index (χ2n) is 22.7. The Labute approximate surface area is 694 Å². The first-order chi connectivity index (χ1) is 51.3. The normalized spacial score (nSPS) is 11.6. The van der Waals surface area contributed by atoms with E-state index in [1.54, 1.807) is 53.7 Å². The van der Waals surface area contributed by atoms with Crippen molar-refractivity contribution in [2.45, 2.75) is 109 Å². The number of anilines is 6. The van der Waals surface area contributed by atoms with Crippen LogP contribution in [0.5, 0.6) is 0 Å². The number of nitrogens with two attached hydrogens (primary N) is 2. The molecule has 0 unspecified atom stereocenters. The van der Waals surface area contributed by atoms with E-state index in [1.165, 1.54) is 53.8 Å². The maximum Gasteiger partial charge on any atom is 1.00 e. The van der Waals surface area contributed by atoms with E-state index in [0.29, 0.717) is 29.2 Å². The third-order valence-corrected chi connectivity index (χ3v) is 15.9. The number of ketones is 1. The molecule has 4 aromatic carbocycles. The number of aldehydes is 1. The molecule has 0 atom stereocenters. The fraction of sp³-hybridized carbons (Fsp3) is 0.329. The Balaban J connectivity index is 0.000000676. The van der Waals surface area contributed by atoms with E-state index in [0.717, 1.165) is 150 Å². The molecule has 3 radical (unpaired) electrons. The van der Waals surface area contributed by atoms with Crippen molar-refractivity contribution in [3.63, 3.8) is 0 Å². The molecule has 2 saturated heterocycles. The molecule has 9 heterocycles. The van der Waals surface area contributed by atoms with E-state index in [1.807, 2.05) is 79.2 Å². The number of piperazine rings is 2. The molecule has 0 amide bonds. The molecule has 35 heteroatoms. The number of fused-ring (bicyclic) bond motifs is 3. The van der Waals surface area contributed by atoms with E-state index in [4.69, 9.17) is 11.5 Å². The van der Waals surface area contributed by atoms with Crippen LogP contribution in [-0.2, 0) is 70.3 Å². The minimum absolute atomic E-state index is 0. The zero-order valence-corrected chi connectivity index (χ0v) is 68.0. The minimum Gasteiger partial charge on any atom is -0.793 e. The number of carbonyl (C=O) groups excluding carboxylic acids is 5.